The number of carbonyl (C=O) groups excluding carboxylic acids is 2. The second-order valence-electron chi connectivity index (χ2n) is 7.03. The lowest BCUT2D eigenvalue weighted by Crippen LogP contribution is -2.46. The summed E-state index contributed by atoms with van der Waals surface area (Å²) in [5.41, 5.74) is 2.77. The van der Waals surface area contributed by atoms with Crippen molar-refractivity contribution < 1.29 is 14.3 Å². The number of hydrogen-bond donors (Lipinski definition) is 3. The second-order valence-corrected chi connectivity index (χ2v) is 7.03. The van der Waals surface area contributed by atoms with Crippen molar-refractivity contribution in [2.24, 2.45) is 0 Å². The average Bonchev–Trinajstić information content (AvgIpc) is 2.73. The number of anilines is 2. The van der Waals surface area contributed by atoms with Crippen molar-refractivity contribution in [1.29, 1.82) is 0 Å². The number of carbonyl (C=O) groups is 2. The molecule has 0 unspecified atom stereocenters. The van der Waals surface area contributed by atoms with Gasteiger partial charge in [0.2, 0.25) is 5.56 Å². The highest BCUT2D eigenvalue weighted by Crippen LogP contribution is 2.21. The van der Waals surface area contributed by atoms with Gasteiger partial charge in [-0.1, -0.05) is 0 Å². The topological polar surface area (TPSA) is 120 Å². The van der Waals surface area contributed by atoms with Gasteiger partial charge in [0.05, 0.1) is 18.5 Å². The van der Waals surface area contributed by atoms with Crippen molar-refractivity contribution in [2.75, 3.05) is 50.6 Å². The lowest BCUT2D eigenvalue weighted by Gasteiger charge is -2.36. The van der Waals surface area contributed by atoms with Gasteiger partial charge in [0.1, 0.15) is 11.5 Å². The molecule has 3 N–H and O–H groups in total. The molecule has 0 spiro atoms. The van der Waals surface area contributed by atoms with E-state index in [0.717, 1.165) is 43.1 Å². The molecule has 0 atom stereocenters. The molecule has 0 bridgehead atoms. The number of pyridine rings is 2. The van der Waals surface area contributed by atoms with E-state index >= 15 is 0 Å². The van der Waals surface area contributed by atoms with Gasteiger partial charge in [-0.25, -0.2) is 9.78 Å². The number of methoxy groups -OCH3 is 1. The van der Waals surface area contributed by atoms with Crippen LogP contribution in [0, 0.1) is 6.92 Å². The number of rotatable bonds is 5. The lowest BCUT2D eigenvalue weighted by molar-refractivity contribution is 0.0958. The largest absolute Gasteiger partial charge is 0.453 e. The van der Waals surface area contributed by atoms with Crippen LogP contribution in [0.1, 0.15) is 21.7 Å². The van der Waals surface area contributed by atoms with Crippen LogP contribution in [0.2, 0.25) is 0 Å². The van der Waals surface area contributed by atoms with Gasteiger partial charge >= 0.3 is 6.09 Å². The minimum Gasteiger partial charge on any atom is -0.453 e. The Bertz CT molecular complexity index is 982. The van der Waals surface area contributed by atoms with Gasteiger partial charge in [-0.05, 0) is 30.7 Å². The molecular formula is C20H26N6O4. The Morgan fingerprint density at radius 3 is 2.57 bits per heavy atom. The molecule has 1 fully saturated rings. The molecule has 160 valence electrons. The number of nitrogens with one attached hydrogen (secondary N) is 3. The molecule has 0 aromatic carbocycles. The Kier molecular flexibility index (Phi) is 6.68. The zero-order valence-corrected chi connectivity index (χ0v) is 17.3. The first-order chi connectivity index (χ1) is 14.4. The number of aryl methyl sites for hydroxylation is 1. The third-order valence-corrected chi connectivity index (χ3v) is 4.96. The highest BCUT2D eigenvalue weighted by Gasteiger charge is 2.20. The molecule has 2 aromatic heterocycles. The van der Waals surface area contributed by atoms with Gasteiger partial charge in [0.25, 0.3) is 5.91 Å². The van der Waals surface area contributed by atoms with E-state index in [9.17, 15) is 14.4 Å². The highest BCUT2D eigenvalue weighted by molar-refractivity contribution is 5.92. The van der Waals surface area contributed by atoms with Crippen LogP contribution in [0.5, 0.6) is 0 Å². The normalized spacial score (nSPS) is 14.3. The van der Waals surface area contributed by atoms with E-state index in [4.69, 9.17) is 0 Å². The summed E-state index contributed by atoms with van der Waals surface area (Å²) in [6.07, 6.45) is -0.636. The van der Waals surface area contributed by atoms with E-state index in [0.29, 0.717) is 18.1 Å². The van der Waals surface area contributed by atoms with Crippen molar-refractivity contribution in [1.82, 2.24) is 20.2 Å². The zero-order chi connectivity index (χ0) is 21.7. The molecule has 1 aliphatic rings. The van der Waals surface area contributed by atoms with Gasteiger partial charge in [-0.3, -0.25) is 19.8 Å². The summed E-state index contributed by atoms with van der Waals surface area (Å²) in [5.74, 6) is 0.106. The molecule has 1 aliphatic heterocycles. The third kappa shape index (κ3) is 5.15. The Morgan fingerprint density at radius 2 is 1.93 bits per heavy atom. The highest BCUT2D eigenvalue weighted by atomic mass is 16.5. The predicted octanol–water partition coefficient (Wildman–Crippen LogP) is 0.938. The molecule has 30 heavy (non-hydrogen) atoms. The van der Waals surface area contributed by atoms with Crippen LogP contribution in [-0.2, 0) is 11.3 Å². The summed E-state index contributed by atoms with van der Waals surface area (Å²) in [5, 5.41) is 5.06. The van der Waals surface area contributed by atoms with Gasteiger partial charge in [0.15, 0.2) is 0 Å². The maximum Gasteiger partial charge on any atom is 0.412 e. The maximum atomic E-state index is 11.9. The van der Waals surface area contributed by atoms with Crippen molar-refractivity contribution in [3.05, 3.63) is 51.6 Å². The maximum absolute atomic E-state index is 11.9. The molecule has 2 aromatic rings. The molecule has 0 radical (unpaired) electrons. The fourth-order valence-corrected chi connectivity index (χ4v) is 3.47. The van der Waals surface area contributed by atoms with Crippen molar-refractivity contribution in [3.63, 3.8) is 0 Å². The van der Waals surface area contributed by atoms with E-state index in [1.165, 1.54) is 13.2 Å². The Morgan fingerprint density at radius 1 is 1.20 bits per heavy atom. The van der Waals surface area contributed by atoms with Crippen molar-refractivity contribution in [3.8, 4) is 0 Å². The smallest absolute Gasteiger partial charge is 0.412 e. The van der Waals surface area contributed by atoms with Gasteiger partial charge < -0.3 is 19.9 Å². The van der Waals surface area contributed by atoms with Crippen molar-refractivity contribution in [2.45, 2.75) is 13.5 Å². The fraction of sp³-hybridized carbons (Fsp3) is 0.400. The molecule has 3 rings (SSSR count). The number of H-pyrrole nitrogens is 1. The number of aromatic amines is 1. The molecule has 2 amide bonds. The molecule has 0 aliphatic carbocycles. The molecular weight excluding hydrogens is 388 g/mol. The van der Waals surface area contributed by atoms with Gasteiger partial charge in [-0.15, -0.1) is 0 Å². The minimum absolute atomic E-state index is 0.201. The fourth-order valence-electron chi connectivity index (χ4n) is 3.47. The second kappa shape index (κ2) is 9.40. The van der Waals surface area contributed by atoms with Crippen LogP contribution in [-0.4, -0.2) is 67.2 Å². The SMILES string of the molecule is CNC(=O)c1ccc(N2CCN(Cc3cc(NC(=O)OC)[nH]c(=O)c3)CC2)c(C)n1. The van der Waals surface area contributed by atoms with E-state index in [-0.39, 0.29) is 11.5 Å². The summed E-state index contributed by atoms with van der Waals surface area (Å²) in [6.45, 7) is 5.73. The predicted molar refractivity (Wildman–Crippen MR) is 113 cm³/mol. The number of piperazine rings is 1. The van der Waals surface area contributed by atoms with Crippen LogP contribution >= 0.6 is 0 Å². The van der Waals surface area contributed by atoms with Crippen LogP contribution in [0.3, 0.4) is 0 Å². The summed E-state index contributed by atoms with van der Waals surface area (Å²) < 4.78 is 4.56. The van der Waals surface area contributed by atoms with E-state index < -0.39 is 6.09 Å². The van der Waals surface area contributed by atoms with Gasteiger partial charge in [-0.2, -0.15) is 0 Å². The quantitative estimate of drug-likeness (QED) is 0.666. The van der Waals surface area contributed by atoms with E-state index in [1.54, 1.807) is 19.2 Å². The molecule has 10 heteroatoms. The molecule has 0 saturated carbocycles. The summed E-state index contributed by atoms with van der Waals surface area (Å²) in [4.78, 5) is 46.5. The summed E-state index contributed by atoms with van der Waals surface area (Å²) in [7, 11) is 2.85. The Hall–Kier alpha value is -3.40. The summed E-state index contributed by atoms with van der Waals surface area (Å²) >= 11 is 0. The average molecular weight is 414 g/mol. The first-order valence-corrected chi connectivity index (χ1v) is 9.65. The van der Waals surface area contributed by atoms with Crippen LogP contribution in [0.15, 0.2) is 29.1 Å². The Labute approximate surface area is 174 Å². The minimum atomic E-state index is -0.636. The standard InChI is InChI=1S/C20H26N6O4/c1-13-16(5-4-15(22-13)19(28)21-2)26-8-6-25(7-9-26)12-14-10-17(23-18(27)11-14)24-20(29)30-3/h4-5,10-11H,6-9,12H2,1-3H3,(H,21,28)(H2,23,24,27,29). The molecule has 10 nitrogen and oxygen atoms in total. The Balaban J connectivity index is 1.62. The van der Waals surface area contributed by atoms with Crippen LogP contribution < -0.4 is 21.1 Å². The monoisotopic (exact) mass is 414 g/mol. The van der Waals surface area contributed by atoms with Crippen LogP contribution in [0.4, 0.5) is 16.3 Å². The van der Waals surface area contributed by atoms with Crippen LogP contribution in [0.25, 0.3) is 0 Å². The number of ether oxygens (including phenoxy) is 1. The first kappa shape index (κ1) is 21.3. The number of nitrogens with zero attached hydrogens (tertiary/aromatic N) is 3. The number of aromatic nitrogens is 2. The number of amides is 2. The third-order valence-electron chi connectivity index (χ3n) is 4.96. The summed E-state index contributed by atoms with van der Waals surface area (Å²) in [6, 6.07) is 6.93. The molecule has 3 heterocycles. The van der Waals surface area contributed by atoms with Crippen molar-refractivity contribution >= 4 is 23.5 Å². The van der Waals surface area contributed by atoms with E-state index in [1.807, 2.05) is 13.0 Å². The molecule has 1 saturated heterocycles. The van der Waals surface area contributed by atoms with Gasteiger partial charge in [0, 0.05) is 45.8 Å². The number of hydrogen-bond acceptors (Lipinski definition) is 7. The van der Waals surface area contributed by atoms with E-state index in [2.05, 4.69) is 35.1 Å². The lowest BCUT2D eigenvalue weighted by atomic mass is 10.2. The zero-order valence-electron chi connectivity index (χ0n) is 17.3. The first-order valence-electron chi connectivity index (χ1n) is 9.65.